The number of nitrogens with one attached hydrogen (secondary N) is 2. The summed E-state index contributed by atoms with van der Waals surface area (Å²) in [6.45, 7) is 0. The van der Waals surface area contributed by atoms with Crippen LogP contribution in [0.1, 0.15) is 0 Å². The minimum atomic E-state index is -2.42. The van der Waals surface area contributed by atoms with Gasteiger partial charge in [-0.2, -0.15) is 0 Å². The average molecular weight is 293 g/mol. The van der Waals surface area contributed by atoms with Crippen molar-refractivity contribution >= 4 is 19.6 Å². The van der Waals surface area contributed by atoms with Crippen molar-refractivity contribution in [3.05, 3.63) is 48.5 Å². The van der Waals surface area contributed by atoms with E-state index in [1.807, 2.05) is 0 Å². The molecule has 0 aliphatic carbocycles. The lowest BCUT2D eigenvalue weighted by atomic mass is 10.3. The normalized spacial score (nSPS) is 9.70. The van der Waals surface area contributed by atoms with Gasteiger partial charge in [-0.25, -0.2) is 9.05 Å². The maximum atomic E-state index is 11.9. The molecule has 0 aliphatic heterocycles. The minimum Gasteiger partial charge on any atom is -0.321 e. The molecule has 7 nitrogen and oxygen atoms in total. The van der Waals surface area contributed by atoms with Crippen LogP contribution < -0.4 is 31.6 Å². The standard InChI is InChI=1S/C12H14N4O3P/c13-15-9-5-1-3-7-11(9)18-20(17)19-12-8-4-2-6-10(12)16-14/h1-8,15-16H,13-14H2/q+1. The van der Waals surface area contributed by atoms with Crippen molar-refractivity contribution in [1.82, 2.24) is 0 Å². The first-order valence-corrected chi connectivity index (χ1v) is 6.78. The van der Waals surface area contributed by atoms with Crippen LogP contribution in [-0.4, -0.2) is 0 Å². The van der Waals surface area contributed by atoms with E-state index in [9.17, 15) is 4.57 Å². The monoisotopic (exact) mass is 293 g/mol. The van der Waals surface area contributed by atoms with Gasteiger partial charge in [-0.05, 0) is 24.3 Å². The third-order valence-electron chi connectivity index (χ3n) is 2.43. The van der Waals surface area contributed by atoms with Crippen LogP contribution >= 0.6 is 8.25 Å². The van der Waals surface area contributed by atoms with E-state index in [1.165, 1.54) is 0 Å². The Bertz CT molecular complexity index is 557. The Kier molecular flexibility index (Phi) is 4.73. The Morgan fingerprint density at radius 1 is 0.800 bits per heavy atom. The molecule has 0 spiro atoms. The van der Waals surface area contributed by atoms with Crippen molar-refractivity contribution in [3.8, 4) is 11.5 Å². The Hall–Kier alpha value is -2.34. The fourth-order valence-corrected chi connectivity index (χ4v) is 2.19. The summed E-state index contributed by atoms with van der Waals surface area (Å²) in [7, 11) is -2.42. The summed E-state index contributed by atoms with van der Waals surface area (Å²) in [5.41, 5.74) is 5.90. The molecule has 0 saturated carbocycles. The zero-order chi connectivity index (χ0) is 14.4. The number of hydrazine groups is 2. The molecule has 0 heterocycles. The summed E-state index contributed by atoms with van der Waals surface area (Å²) in [6, 6.07) is 13.6. The van der Waals surface area contributed by atoms with Gasteiger partial charge in [-0.1, -0.05) is 24.3 Å². The molecule has 0 fully saturated rings. The van der Waals surface area contributed by atoms with Crippen LogP contribution in [0.3, 0.4) is 0 Å². The van der Waals surface area contributed by atoms with Crippen molar-refractivity contribution in [2.75, 3.05) is 10.9 Å². The molecule has 0 atom stereocenters. The minimum absolute atomic E-state index is 0.328. The van der Waals surface area contributed by atoms with E-state index in [-0.39, 0.29) is 0 Å². The lowest BCUT2D eigenvalue weighted by Gasteiger charge is -2.03. The highest BCUT2D eigenvalue weighted by Crippen LogP contribution is 2.36. The molecule has 20 heavy (non-hydrogen) atoms. The van der Waals surface area contributed by atoms with Crippen LogP contribution in [0.25, 0.3) is 0 Å². The smallest absolute Gasteiger partial charge is 0.321 e. The van der Waals surface area contributed by atoms with Crippen LogP contribution in [0.15, 0.2) is 48.5 Å². The summed E-state index contributed by atoms with van der Waals surface area (Å²) < 4.78 is 22.3. The molecule has 0 aliphatic rings. The van der Waals surface area contributed by atoms with Gasteiger partial charge in [-0.15, -0.1) is 0 Å². The highest BCUT2D eigenvalue weighted by molar-refractivity contribution is 7.34. The number of benzene rings is 2. The number of para-hydroxylation sites is 4. The molecule has 0 bridgehead atoms. The topological polar surface area (TPSA) is 112 Å². The fourth-order valence-electron chi connectivity index (χ4n) is 1.51. The van der Waals surface area contributed by atoms with Crippen LogP contribution in [0.2, 0.25) is 0 Å². The molecular formula is C12H14N4O3P+. The number of hydrogen-bond donors (Lipinski definition) is 4. The number of nitrogen functional groups attached to an aromatic ring is 2. The molecule has 0 radical (unpaired) electrons. The van der Waals surface area contributed by atoms with Crippen LogP contribution in [-0.2, 0) is 4.57 Å². The zero-order valence-corrected chi connectivity index (χ0v) is 11.3. The molecule has 0 aromatic heterocycles. The molecule has 0 unspecified atom stereocenters. The number of rotatable bonds is 6. The van der Waals surface area contributed by atoms with E-state index in [4.69, 9.17) is 20.7 Å². The van der Waals surface area contributed by atoms with Gasteiger partial charge in [0.2, 0.25) is 11.5 Å². The lowest BCUT2D eigenvalue weighted by molar-refractivity contribution is 0.417. The third-order valence-corrected chi connectivity index (χ3v) is 3.12. The Morgan fingerprint density at radius 2 is 1.20 bits per heavy atom. The van der Waals surface area contributed by atoms with Crippen molar-refractivity contribution in [2.45, 2.75) is 0 Å². The van der Waals surface area contributed by atoms with E-state index in [0.29, 0.717) is 22.9 Å². The molecule has 6 N–H and O–H groups in total. The molecular weight excluding hydrogens is 279 g/mol. The van der Waals surface area contributed by atoms with E-state index in [2.05, 4.69) is 10.9 Å². The highest BCUT2D eigenvalue weighted by atomic mass is 31.1. The quantitative estimate of drug-likeness (QED) is 0.367. The number of anilines is 2. The van der Waals surface area contributed by atoms with Crippen LogP contribution in [0, 0.1) is 0 Å². The SMILES string of the molecule is NNc1ccccc1O[P+](=O)Oc1ccccc1NN. The second-order valence-corrected chi connectivity index (χ2v) is 4.50. The van der Waals surface area contributed by atoms with Gasteiger partial charge < -0.3 is 10.9 Å². The maximum Gasteiger partial charge on any atom is 0.805 e. The van der Waals surface area contributed by atoms with E-state index < -0.39 is 8.25 Å². The molecule has 0 saturated heterocycles. The molecule has 0 amide bonds. The first kappa shape index (κ1) is 14.1. The van der Waals surface area contributed by atoms with Gasteiger partial charge in [0.1, 0.15) is 0 Å². The Balaban J connectivity index is 2.09. The van der Waals surface area contributed by atoms with Gasteiger partial charge in [0.15, 0.2) is 0 Å². The fraction of sp³-hybridized carbons (Fsp3) is 0. The van der Waals surface area contributed by atoms with Crippen LogP contribution in [0.4, 0.5) is 11.4 Å². The second-order valence-electron chi connectivity index (χ2n) is 3.69. The molecule has 2 aromatic carbocycles. The highest BCUT2D eigenvalue weighted by Gasteiger charge is 2.27. The van der Waals surface area contributed by atoms with Crippen molar-refractivity contribution in [3.63, 3.8) is 0 Å². The molecule has 8 heteroatoms. The maximum absolute atomic E-state index is 11.9. The molecule has 2 rings (SSSR count). The number of nitrogens with two attached hydrogens (primary N) is 2. The summed E-state index contributed by atoms with van der Waals surface area (Å²) in [4.78, 5) is 0. The van der Waals surface area contributed by atoms with Gasteiger partial charge in [0.05, 0.1) is 11.4 Å². The molecule has 104 valence electrons. The van der Waals surface area contributed by atoms with Crippen molar-refractivity contribution in [1.29, 1.82) is 0 Å². The average Bonchev–Trinajstić information content (AvgIpc) is 2.48. The van der Waals surface area contributed by atoms with Gasteiger partial charge in [0, 0.05) is 4.57 Å². The summed E-state index contributed by atoms with van der Waals surface area (Å²) in [5.74, 6) is 11.3. The summed E-state index contributed by atoms with van der Waals surface area (Å²) in [6.07, 6.45) is 0. The molecule has 2 aromatic rings. The second kappa shape index (κ2) is 6.72. The van der Waals surface area contributed by atoms with Crippen molar-refractivity contribution < 1.29 is 13.6 Å². The first-order valence-electron chi connectivity index (χ1n) is 5.69. The summed E-state index contributed by atoms with van der Waals surface area (Å²) >= 11 is 0. The van der Waals surface area contributed by atoms with Gasteiger partial charge in [0.25, 0.3) is 0 Å². The lowest BCUT2D eigenvalue weighted by Crippen LogP contribution is -2.08. The summed E-state index contributed by atoms with van der Waals surface area (Å²) in [5, 5.41) is 0. The van der Waals surface area contributed by atoms with E-state index >= 15 is 0 Å². The first-order chi connectivity index (χ1) is 9.74. The Labute approximate surface area is 116 Å². The van der Waals surface area contributed by atoms with E-state index in [0.717, 1.165) is 0 Å². The third kappa shape index (κ3) is 3.36. The van der Waals surface area contributed by atoms with Crippen LogP contribution in [0.5, 0.6) is 11.5 Å². The van der Waals surface area contributed by atoms with Crippen molar-refractivity contribution in [2.24, 2.45) is 11.7 Å². The zero-order valence-electron chi connectivity index (χ0n) is 10.4. The predicted molar refractivity (Wildman–Crippen MR) is 77.4 cm³/mol. The van der Waals surface area contributed by atoms with Gasteiger partial charge >= 0.3 is 8.25 Å². The van der Waals surface area contributed by atoms with Gasteiger partial charge in [-0.3, -0.25) is 11.7 Å². The Morgan fingerprint density at radius 3 is 1.60 bits per heavy atom. The largest absolute Gasteiger partial charge is 0.805 e. The number of hydrogen-bond acceptors (Lipinski definition) is 7. The van der Waals surface area contributed by atoms with E-state index in [1.54, 1.807) is 48.5 Å². The predicted octanol–water partition coefficient (Wildman–Crippen LogP) is 2.37.